The second-order valence-electron chi connectivity index (χ2n) is 38.6. The molecule has 2 aromatic heterocycles. The molecule has 0 saturated carbocycles. The molecule has 0 radical (unpaired) electrons. The van der Waals surface area contributed by atoms with Gasteiger partial charge in [-0.05, 0) is 232 Å². The summed E-state index contributed by atoms with van der Waals surface area (Å²) < 4.78 is 0. The van der Waals surface area contributed by atoms with E-state index < -0.39 is 0 Å². The fraction of sp³-hybridized carbons (Fsp3) is 0.0909. The monoisotopic (exact) mass is 1740 g/mol. The average molecular weight is 1740 g/mol. The Morgan fingerprint density at radius 1 is 0.176 bits per heavy atom. The molecule has 23 aromatic rings. The maximum absolute atomic E-state index is 5.39. The molecule has 26 rings (SSSR count). The van der Waals surface area contributed by atoms with Crippen molar-refractivity contribution in [2.75, 3.05) is 0 Å². The van der Waals surface area contributed by atoms with Crippen molar-refractivity contribution in [3.8, 4) is 123 Å². The first-order valence-corrected chi connectivity index (χ1v) is 47.6. The zero-order chi connectivity index (χ0) is 91.8. The summed E-state index contributed by atoms with van der Waals surface area (Å²) in [6.45, 7) is 20.7. The number of hydrogen-bond donors (Lipinski definition) is 0. The van der Waals surface area contributed by atoms with Crippen LogP contribution in [0, 0.1) is 20.8 Å². The summed E-state index contributed by atoms with van der Waals surface area (Å²) in [6, 6.07) is 152. The van der Waals surface area contributed by atoms with Gasteiger partial charge in [-0.25, -0.2) is 19.9 Å². The van der Waals surface area contributed by atoms with Gasteiger partial charge in [0.1, 0.15) is 0 Å². The van der Waals surface area contributed by atoms with E-state index in [1.54, 1.807) is 0 Å². The second kappa shape index (κ2) is 32.8. The molecule has 0 spiro atoms. The van der Waals surface area contributed by atoms with Gasteiger partial charge in [0.05, 0.1) is 44.8 Å². The lowest BCUT2D eigenvalue weighted by Crippen LogP contribution is -2.14. The first-order valence-electron chi connectivity index (χ1n) is 47.6. The Bertz CT molecular complexity index is 8880. The average Bonchev–Trinajstić information content (AvgIpc) is 1.54. The summed E-state index contributed by atoms with van der Waals surface area (Å²) in [5.41, 5.74) is 44.1. The van der Waals surface area contributed by atoms with Crippen LogP contribution in [-0.4, -0.2) is 19.9 Å². The highest BCUT2D eigenvalue weighted by atomic mass is 14.8. The minimum Gasteiger partial charge on any atom is -0.244 e. The molecule has 0 saturated heterocycles. The van der Waals surface area contributed by atoms with E-state index in [0.717, 1.165) is 72.7 Å². The Morgan fingerprint density at radius 3 is 0.897 bits per heavy atom. The molecule has 136 heavy (non-hydrogen) atoms. The number of nitrogens with zero attached hydrogens (tertiary/aromatic N) is 4. The number of hydrogen-bond acceptors (Lipinski definition) is 4. The van der Waals surface area contributed by atoms with E-state index in [9.17, 15) is 0 Å². The van der Waals surface area contributed by atoms with Gasteiger partial charge in [-0.2, -0.15) is 0 Å². The molecule has 4 nitrogen and oxygen atoms in total. The zero-order valence-electron chi connectivity index (χ0n) is 77.8. The van der Waals surface area contributed by atoms with Crippen LogP contribution in [0.1, 0.15) is 103 Å². The lowest BCUT2D eigenvalue weighted by molar-refractivity contribution is 0.660. The van der Waals surface area contributed by atoms with Crippen molar-refractivity contribution in [1.82, 2.24) is 19.9 Å². The third-order valence-electron chi connectivity index (χ3n) is 29.4. The van der Waals surface area contributed by atoms with Crippen LogP contribution in [0.15, 0.2) is 419 Å². The number of para-hydroxylation sites is 2. The van der Waals surface area contributed by atoms with Gasteiger partial charge in [0, 0.05) is 38.5 Å². The summed E-state index contributed by atoms with van der Waals surface area (Å²) in [6.07, 6.45) is 4.53. The van der Waals surface area contributed by atoms with E-state index in [4.69, 9.17) is 19.9 Å². The van der Waals surface area contributed by atoms with Crippen molar-refractivity contribution in [3.05, 3.63) is 480 Å². The number of rotatable bonds is 10. The maximum atomic E-state index is 5.39. The van der Waals surface area contributed by atoms with E-state index in [2.05, 4.69) is 469 Å². The summed E-state index contributed by atoms with van der Waals surface area (Å²) in [5, 5.41) is 15.0. The number of fused-ring (bicyclic) bond motifs is 17. The maximum Gasteiger partial charge on any atom is 0.0985 e. The third kappa shape index (κ3) is 13.5. The summed E-state index contributed by atoms with van der Waals surface area (Å²) in [7, 11) is 0. The van der Waals surface area contributed by atoms with Gasteiger partial charge in [0.2, 0.25) is 0 Å². The first kappa shape index (κ1) is 82.7. The third-order valence-corrected chi connectivity index (χ3v) is 29.4. The van der Waals surface area contributed by atoms with Crippen LogP contribution in [0.2, 0.25) is 0 Å². The van der Waals surface area contributed by atoms with E-state index >= 15 is 0 Å². The lowest BCUT2D eigenvalue weighted by atomic mass is 9.80. The van der Waals surface area contributed by atoms with Gasteiger partial charge in [0.25, 0.3) is 0 Å². The molecular formula is C132H98N4. The predicted octanol–water partition coefficient (Wildman–Crippen LogP) is 35.2. The van der Waals surface area contributed by atoms with Gasteiger partial charge in [-0.3, -0.25) is 0 Å². The van der Waals surface area contributed by atoms with Crippen LogP contribution < -0.4 is 0 Å². The SMILES string of the molecule is Cc1ccc2c(-c3ccc4nc(-c5ccccc5)c(-c5ccccc5)nc4c3)c3ccccc3c(-c3cccc4c3-c3ccccc3C4(C)C)c2c1.Cc1ccc2c(-c3nc4ccccc4nc3-c3ccccc3)c3ccccc3c(-c3cccc4c3-c3ccccc3C4(C)C)c2c1.Cc1ccc2c(/C=C/c3ccccc3)c3ccccc3c(-c3cccc4c3-c3ccccc3C4(C)C)c2c1. The number of aromatic nitrogens is 4. The first-order chi connectivity index (χ1) is 66.5. The van der Waals surface area contributed by atoms with Crippen molar-refractivity contribution in [3.63, 3.8) is 0 Å². The van der Waals surface area contributed by atoms with Gasteiger partial charge in [0.15, 0.2) is 0 Å². The van der Waals surface area contributed by atoms with Gasteiger partial charge >= 0.3 is 0 Å². The molecule has 2 heterocycles. The molecule has 0 N–H and O–H groups in total. The van der Waals surface area contributed by atoms with Crippen molar-refractivity contribution in [1.29, 1.82) is 0 Å². The number of aryl methyl sites for hydroxylation is 3. The molecule has 21 aromatic carbocycles. The minimum absolute atomic E-state index is 0.0260. The van der Waals surface area contributed by atoms with Crippen molar-refractivity contribution >= 4 is 98.9 Å². The fourth-order valence-corrected chi connectivity index (χ4v) is 22.9. The molecule has 3 aliphatic rings. The van der Waals surface area contributed by atoms with Crippen LogP contribution in [0.25, 0.3) is 222 Å². The number of benzene rings is 21. The van der Waals surface area contributed by atoms with Gasteiger partial charge in [-0.15, -0.1) is 0 Å². The van der Waals surface area contributed by atoms with Crippen molar-refractivity contribution < 1.29 is 0 Å². The Hall–Kier alpha value is -16.4. The van der Waals surface area contributed by atoms with Gasteiger partial charge < -0.3 is 0 Å². The molecule has 646 valence electrons. The molecule has 4 heteroatoms. The van der Waals surface area contributed by atoms with E-state index in [0.29, 0.717) is 0 Å². The zero-order valence-corrected chi connectivity index (χ0v) is 77.8. The Kier molecular flexibility index (Phi) is 20.0. The summed E-state index contributed by atoms with van der Waals surface area (Å²) in [4.78, 5) is 21.3. The lowest BCUT2D eigenvalue weighted by Gasteiger charge is -2.23. The molecule has 3 aliphatic carbocycles. The fourth-order valence-electron chi connectivity index (χ4n) is 22.9. The van der Waals surface area contributed by atoms with E-state index in [1.807, 2.05) is 24.3 Å². The molecule has 0 bridgehead atoms. The van der Waals surface area contributed by atoms with Gasteiger partial charge in [-0.1, -0.05) is 465 Å². The minimum atomic E-state index is -0.0749. The summed E-state index contributed by atoms with van der Waals surface area (Å²) >= 11 is 0. The molecular weight excluding hydrogens is 1640 g/mol. The topological polar surface area (TPSA) is 51.6 Å². The van der Waals surface area contributed by atoms with E-state index in [-0.39, 0.29) is 16.2 Å². The van der Waals surface area contributed by atoms with E-state index in [1.165, 1.54) is 198 Å². The normalized spacial score (nSPS) is 13.3. The highest BCUT2D eigenvalue weighted by molar-refractivity contribution is 6.26. The molecule has 0 fully saturated rings. The predicted molar refractivity (Wildman–Crippen MR) is 576 cm³/mol. The molecule has 0 atom stereocenters. The smallest absolute Gasteiger partial charge is 0.0985 e. The molecule has 0 aliphatic heterocycles. The van der Waals surface area contributed by atoms with Crippen LogP contribution in [-0.2, 0) is 16.2 Å². The summed E-state index contributed by atoms with van der Waals surface area (Å²) in [5.74, 6) is 0. The standard InChI is InChI=1S/C50H36N2.C44H32N2.C38H30/c1-31-25-27-37-40(29-31)46(39-22-14-24-42-47(39)38-21-12-13-23-41(38)50(42,2)3)36-20-11-10-19-35(36)45(37)34-26-28-43-44(30-34)52-49(33-17-8-5-9-18-33)48(51-43)32-15-6-4-7-16-32;1-27-24-25-31-34(26-27)39(33-19-13-21-36-40(33)32-18-9-10-20-35(32)44(36,2)3)29-16-7-8-17-30(29)41(31)43-42(28-14-5-4-6-15-28)45-37-22-11-12-23-38(37)46-43;1-25-20-22-29-28(23-21-26-12-5-4-6-13-26)27-14-7-8-15-30(27)36(33(29)24-25)32-17-11-19-35-37(32)31-16-9-10-18-34(31)38(35,2)3/h4-30H,1-3H3;4-26H,1-3H3;4-24H,1-3H3/b;;23-21+. The van der Waals surface area contributed by atoms with Crippen LogP contribution in [0.4, 0.5) is 0 Å². The van der Waals surface area contributed by atoms with Crippen LogP contribution in [0.3, 0.4) is 0 Å². The Morgan fingerprint density at radius 2 is 0.463 bits per heavy atom. The van der Waals surface area contributed by atoms with Crippen LogP contribution in [0.5, 0.6) is 0 Å². The largest absolute Gasteiger partial charge is 0.244 e. The molecule has 0 amide bonds. The van der Waals surface area contributed by atoms with Crippen molar-refractivity contribution in [2.24, 2.45) is 0 Å². The highest BCUT2D eigenvalue weighted by Crippen LogP contribution is 2.60. The van der Waals surface area contributed by atoms with Crippen molar-refractivity contribution in [2.45, 2.75) is 78.6 Å². The molecule has 0 unspecified atom stereocenters. The Labute approximate surface area is 794 Å². The second-order valence-corrected chi connectivity index (χ2v) is 38.6. The Balaban J connectivity index is 0.000000113. The quantitative estimate of drug-likeness (QED) is 0.101. The van der Waals surface area contributed by atoms with Crippen LogP contribution >= 0.6 is 0 Å². The highest BCUT2D eigenvalue weighted by Gasteiger charge is 2.41.